The van der Waals surface area contributed by atoms with E-state index in [2.05, 4.69) is 27.4 Å². The van der Waals surface area contributed by atoms with E-state index in [1.54, 1.807) is 6.33 Å². The third kappa shape index (κ3) is 2.90. The van der Waals surface area contributed by atoms with Crippen molar-refractivity contribution in [2.45, 2.75) is 33.6 Å². The van der Waals surface area contributed by atoms with Crippen molar-refractivity contribution in [2.75, 3.05) is 25.0 Å². The number of amides is 1. The molecular formula is C20H26N4OS. The van der Waals surface area contributed by atoms with E-state index in [4.69, 9.17) is 0 Å². The molecule has 0 radical (unpaired) electrons. The Kier molecular flexibility index (Phi) is 4.69. The third-order valence-corrected chi connectivity index (χ3v) is 7.11. The largest absolute Gasteiger partial charge is 0.369 e. The normalized spacial score (nSPS) is 23.7. The van der Waals surface area contributed by atoms with Crippen LogP contribution in [0.5, 0.6) is 0 Å². The quantitative estimate of drug-likeness (QED) is 0.778. The number of nitrogens with one attached hydrogen (secondary N) is 1. The molecule has 0 spiro atoms. The average molecular weight is 371 g/mol. The molecule has 2 bridgehead atoms. The van der Waals surface area contributed by atoms with Crippen LogP contribution in [0.4, 0.5) is 5.82 Å². The van der Waals surface area contributed by atoms with Crippen LogP contribution in [0.25, 0.3) is 10.2 Å². The number of nitrogens with zero attached hydrogens (tertiary/aromatic N) is 3. The molecule has 5 nitrogen and oxygen atoms in total. The molecule has 6 heteroatoms. The Balaban J connectivity index is 1.59. The molecular weight excluding hydrogens is 344 g/mol. The number of thiophene rings is 1. The molecule has 3 atom stereocenters. The van der Waals surface area contributed by atoms with Crippen molar-refractivity contribution in [3.8, 4) is 0 Å². The molecule has 2 heterocycles. The van der Waals surface area contributed by atoms with Crippen LogP contribution < -0.4 is 5.32 Å². The second-order valence-corrected chi connectivity index (χ2v) is 8.36. The second kappa shape index (κ2) is 6.99. The van der Waals surface area contributed by atoms with Crippen LogP contribution in [0, 0.1) is 24.7 Å². The molecule has 2 aromatic heterocycles. The molecule has 2 aromatic rings. The van der Waals surface area contributed by atoms with Crippen LogP contribution in [0.1, 0.15) is 41.9 Å². The van der Waals surface area contributed by atoms with Crippen LogP contribution in [-0.4, -0.2) is 40.4 Å². The molecule has 0 saturated heterocycles. The molecule has 2 aliphatic rings. The summed E-state index contributed by atoms with van der Waals surface area (Å²) in [6, 6.07) is 0. The highest BCUT2D eigenvalue weighted by atomic mass is 32.1. The first-order valence-electron chi connectivity index (χ1n) is 9.57. The fourth-order valence-electron chi connectivity index (χ4n) is 4.42. The van der Waals surface area contributed by atoms with E-state index in [1.807, 2.05) is 25.7 Å². The number of aromatic nitrogens is 2. The van der Waals surface area contributed by atoms with Crippen molar-refractivity contribution in [1.82, 2.24) is 14.9 Å². The summed E-state index contributed by atoms with van der Waals surface area (Å²) in [4.78, 5) is 25.3. The van der Waals surface area contributed by atoms with Crippen LogP contribution in [0.3, 0.4) is 0 Å². The van der Waals surface area contributed by atoms with Gasteiger partial charge in [0.05, 0.1) is 10.3 Å². The molecule has 138 valence electrons. The van der Waals surface area contributed by atoms with E-state index in [-0.39, 0.29) is 5.91 Å². The maximum absolute atomic E-state index is 12.8. The lowest BCUT2D eigenvalue weighted by molar-refractivity contribution is 0.0777. The molecule has 1 N–H and O–H groups in total. The van der Waals surface area contributed by atoms with Crippen molar-refractivity contribution in [2.24, 2.45) is 17.8 Å². The highest BCUT2D eigenvalue weighted by Gasteiger charge is 2.35. The van der Waals surface area contributed by atoms with E-state index < -0.39 is 0 Å². The average Bonchev–Trinajstić information content (AvgIpc) is 3.35. The van der Waals surface area contributed by atoms with Gasteiger partial charge in [-0.2, -0.15) is 0 Å². The lowest BCUT2D eigenvalue weighted by Crippen LogP contribution is -2.30. The van der Waals surface area contributed by atoms with Gasteiger partial charge in [0.2, 0.25) is 0 Å². The van der Waals surface area contributed by atoms with Gasteiger partial charge in [-0.05, 0) is 56.9 Å². The fourth-order valence-corrected chi connectivity index (χ4v) is 5.54. The Hall–Kier alpha value is -1.95. The Morgan fingerprint density at radius 3 is 2.73 bits per heavy atom. The molecule has 0 unspecified atom stereocenters. The number of fused-ring (bicyclic) bond motifs is 3. The Labute approximate surface area is 158 Å². The van der Waals surface area contributed by atoms with Gasteiger partial charge in [0, 0.05) is 19.6 Å². The number of rotatable bonds is 6. The van der Waals surface area contributed by atoms with Crippen molar-refractivity contribution in [3.63, 3.8) is 0 Å². The first-order chi connectivity index (χ1) is 12.6. The van der Waals surface area contributed by atoms with Gasteiger partial charge in [0.25, 0.3) is 5.91 Å². The van der Waals surface area contributed by atoms with Gasteiger partial charge in [-0.1, -0.05) is 12.2 Å². The van der Waals surface area contributed by atoms with Crippen LogP contribution in [-0.2, 0) is 0 Å². The zero-order chi connectivity index (χ0) is 18.3. The van der Waals surface area contributed by atoms with Crippen LogP contribution in [0.2, 0.25) is 0 Å². The summed E-state index contributed by atoms with van der Waals surface area (Å²) in [5, 5.41) is 4.57. The first-order valence-corrected chi connectivity index (χ1v) is 10.4. The van der Waals surface area contributed by atoms with Gasteiger partial charge in [-0.3, -0.25) is 4.79 Å². The summed E-state index contributed by atoms with van der Waals surface area (Å²) in [7, 11) is 0. The van der Waals surface area contributed by atoms with Crippen molar-refractivity contribution >= 4 is 33.3 Å². The lowest BCUT2D eigenvalue weighted by Gasteiger charge is -2.19. The number of carbonyl (C=O) groups excluding carboxylic acids is 1. The van der Waals surface area contributed by atoms with Gasteiger partial charge in [-0.15, -0.1) is 11.3 Å². The number of hydrogen-bond acceptors (Lipinski definition) is 5. The van der Waals surface area contributed by atoms with E-state index in [9.17, 15) is 4.79 Å². The van der Waals surface area contributed by atoms with E-state index in [0.29, 0.717) is 11.8 Å². The zero-order valence-corrected chi connectivity index (χ0v) is 16.5. The van der Waals surface area contributed by atoms with E-state index in [0.717, 1.165) is 52.0 Å². The number of anilines is 1. The topological polar surface area (TPSA) is 58.1 Å². The minimum atomic E-state index is 0.0969. The summed E-state index contributed by atoms with van der Waals surface area (Å²) in [6.45, 7) is 8.42. The molecule has 26 heavy (non-hydrogen) atoms. The minimum Gasteiger partial charge on any atom is -0.369 e. The number of carbonyl (C=O) groups is 1. The molecule has 4 rings (SSSR count). The Morgan fingerprint density at radius 1 is 1.27 bits per heavy atom. The van der Waals surface area contributed by atoms with Gasteiger partial charge < -0.3 is 10.2 Å². The van der Waals surface area contributed by atoms with Crippen molar-refractivity contribution in [1.29, 1.82) is 0 Å². The summed E-state index contributed by atoms with van der Waals surface area (Å²) in [6.07, 6.45) is 8.94. The fraction of sp³-hybridized carbons (Fsp3) is 0.550. The van der Waals surface area contributed by atoms with E-state index in [1.165, 1.54) is 24.2 Å². The van der Waals surface area contributed by atoms with Gasteiger partial charge in [0.15, 0.2) is 0 Å². The maximum atomic E-state index is 12.8. The van der Waals surface area contributed by atoms with Gasteiger partial charge in [0.1, 0.15) is 17.0 Å². The summed E-state index contributed by atoms with van der Waals surface area (Å²) < 4.78 is 0. The predicted octanol–water partition coefficient (Wildman–Crippen LogP) is 4.11. The molecule has 1 fully saturated rings. The van der Waals surface area contributed by atoms with Gasteiger partial charge in [-0.25, -0.2) is 9.97 Å². The smallest absolute Gasteiger partial charge is 0.264 e. The molecule has 1 amide bonds. The third-order valence-electron chi connectivity index (χ3n) is 5.92. The summed E-state index contributed by atoms with van der Waals surface area (Å²) in [5.41, 5.74) is 0.998. The number of aryl methyl sites for hydroxylation is 1. The molecule has 0 aromatic carbocycles. The molecule has 1 saturated carbocycles. The van der Waals surface area contributed by atoms with E-state index >= 15 is 0 Å². The highest BCUT2D eigenvalue weighted by Crippen LogP contribution is 2.43. The molecule has 0 aliphatic heterocycles. The van der Waals surface area contributed by atoms with Crippen molar-refractivity contribution in [3.05, 3.63) is 28.9 Å². The van der Waals surface area contributed by atoms with Crippen LogP contribution >= 0.6 is 11.3 Å². The Morgan fingerprint density at radius 2 is 2.08 bits per heavy atom. The molecule has 2 aliphatic carbocycles. The highest BCUT2D eigenvalue weighted by molar-refractivity contribution is 7.20. The first kappa shape index (κ1) is 17.5. The zero-order valence-electron chi connectivity index (χ0n) is 15.7. The SMILES string of the molecule is CCN(CC)C(=O)c1sc2ncnc(NC[C@H]3C[C@@H]4C=C[C@H]3C4)c2c1C. The summed E-state index contributed by atoms with van der Waals surface area (Å²) >= 11 is 1.48. The minimum absolute atomic E-state index is 0.0969. The van der Waals surface area contributed by atoms with Crippen molar-refractivity contribution < 1.29 is 4.79 Å². The Bertz CT molecular complexity index is 855. The standard InChI is InChI=1S/C20H26N4OS/c1-4-24(5-2)20(25)17-12(3)16-18(22-11-23-19(16)26-17)21-10-15-9-13-6-7-14(15)8-13/h6-7,11,13-15H,4-5,8-10H2,1-3H3,(H,21,22,23)/t13-,14+,15-/m1/s1. The monoisotopic (exact) mass is 370 g/mol. The summed E-state index contributed by atoms with van der Waals surface area (Å²) in [5.74, 6) is 3.14. The van der Waals surface area contributed by atoms with Crippen LogP contribution in [0.15, 0.2) is 18.5 Å². The van der Waals surface area contributed by atoms with Gasteiger partial charge >= 0.3 is 0 Å². The number of hydrogen-bond donors (Lipinski definition) is 1. The lowest BCUT2D eigenvalue weighted by atomic mass is 9.93. The predicted molar refractivity (Wildman–Crippen MR) is 107 cm³/mol. The number of allylic oxidation sites excluding steroid dienone is 2. The maximum Gasteiger partial charge on any atom is 0.264 e. The second-order valence-electron chi connectivity index (χ2n) is 7.36.